The number of nitrogens with zero attached hydrogens (tertiary/aromatic N) is 11. The Morgan fingerprint density at radius 2 is 1.14 bits per heavy atom. The molecule has 0 atom stereocenters. The molecule has 21 nitrogen and oxygen atoms in total. The molecule has 0 saturated heterocycles. The van der Waals surface area contributed by atoms with Gasteiger partial charge >= 0.3 is 29.6 Å². The molecule has 23 heteroatoms. The maximum Gasteiger partial charge on any atom is 1.00 e. The minimum atomic E-state index is -0.500. The normalized spacial score (nSPS) is 10.1. The first kappa shape index (κ1) is 44.0. The smallest absolute Gasteiger partial charge is 0.373 e. The van der Waals surface area contributed by atoms with Gasteiger partial charge in [0, 0.05) is 57.4 Å². The molecule has 59 heavy (non-hydrogen) atoms. The molecule has 0 amide bonds. The summed E-state index contributed by atoms with van der Waals surface area (Å²) in [7, 11) is 0. The number of aromatic amines is 3. The molecule has 0 radical (unpaired) electrons. The number of nitro benzene ring substituents is 2. The third kappa shape index (κ3) is 8.24. The summed E-state index contributed by atoms with van der Waals surface area (Å²) in [6.45, 7) is 0. The third-order valence-corrected chi connectivity index (χ3v) is 8.65. The van der Waals surface area contributed by atoms with Crippen molar-refractivity contribution in [3.63, 3.8) is 0 Å². The Morgan fingerprint density at radius 1 is 0.695 bits per heavy atom. The predicted molar refractivity (Wildman–Crippen MR) is 216 cm³/mol. The van der Waals surface area contributed by atoms with Crippen LogP contribution in [0.2, 0.25) is 0 Å². The minimum absolute atomic E-state index is 0. The van der Waals surface area contributed by atoms with Crippen LogP contribution in [0.5, 0.6) is 0 Å². The second kappa shape index (κ2) is 18.5. The topological polar surface area (TPSA) is 334 Å². The van der Waals surface area contributed by atoms with E-state index in [0.717, 1.165) is 21.8 Å². The van der Waals surface area contributed by atoms with Crippen LogP contribution in [0.4, 0.5) is 11.4 Å². The Labute approximate surface area is 356 Å². The van der Waals surface area contributed by atoms with Gasteiger partial charge in [-0.1, -0.05) is 36.4 Å². The number of halogens is 1. The molecular weight excluding hydrogens is 797 g/mol. The summed E-state index contributed by atoms with van der Waals surface area (Å²) in [4.78, 5) is 54.9. The van der Waals surface area contributed by atoms with Gasteiger partial charge in [0.15, 0.2) is 0 Å². The maximum atomic E-state index is 13.3. The summed E-state index contributed by atoms with van der Waals surface area (Å²) in [6.07, 6.45) is 0. The second-order valence-electron chi connectivity index (χ2n) is 11.7. The van der Waals surface area contributed by atoms with Crippen LogP contribution in [0.25, 0.3) is 82.6 Å². The molecule has 5 aromatic heterocycles. The maximum absolute atomic E-state index is 13.3. The van der Waals surface area contributed by atoms with E-state index in [-0.39, 0.29) is 82.0 Å². The number of pyridine rings is 2. The molecule has 9 rings (SSSR count). The van der Waals surface area contributed by atoms with Crippen LogP contribution in [0.1, 0.15) is 5.56 Å². The Bertz CT molecular complexity index is 3180. The number of hydrogen-bond acceptors (Lipinski definition) is 11. The van der Waals surface area contributed by atoms with Crippen LogP contribution in [0.15, 0.2) is 119 Å². The van der Waals surface area contributed by atoms with Crippen molar-refractivity contribution in [2.24, 2.45) is 0 Å². The number of nitrogens with one attached hydrogen (secondary N) is 3. The zero-order valence-corrected chi connectivity index (χ0v) is 33.2. The number of hydrogen-bond donors (Lipinski definition) is 4. The minimum Gasteiger partial charge on any atom is -0.373 e. The van der Waals surface area contributed by atoms with Crippen molar-refractivity contribution in [1.29, 1.82) is 5.26 Å². The largest absolute Gasteiger partial charge is 1.00 e. The van der Waals surface area contributed by atoms with E-state index in [0.29, 0.717) is 33.4 Å². The first-order valence-corrected chi connectivity index (χ1v) is 16.1. The number of tetrazole rings is 1. The predicted octanol–water partition coefficient (Wildman–Crippen LogP) is 4.27. The molecule has 0 fully saturated rings. The van der Waals surface area contributed by atoms with Crippen LogP contribution >= 0.6 is 12.4 Å². The zero-order chi connectivity index (χ0) is 39.5. The molecule has 0 bridgehead atoms. The monoisotopic (exact) mass is 821 g/mol. The summed E-state index contributed by atoms with van der Waals surface area (Å²) in [6, 6.07) is 31.7. The molecule has 0 spiro atoms. The third-order valence-electron chi connectivity index (χ3n) is 8.65. The van der Waals surface area contributed by atoms with E-state index >= 15 is 0 Å². The molecule has 0 aliphatic rings. The molecular formula is C36H25ClN15NaO6. The zero-order valence-electron chi connectivity index (χ0n) is 30.4. The summed E-state index contributed by atoms with van der Waals surface area (Å²) < 4.78 is 2.92. The van der Waals surface area contributed by atoms with E-state index in [1.807, 2.05) is 54.6 Å². The van der Waals surface area contributed by atoms with Crippen LogP contribution < -0.4 is 46.8 Å². The number of para-hydroxylation sites is 2. The van der Waals surface area contributed by atoms with Crippen molar-refractivity contribution < 1.29 is 39.4 Å². The number of nitriles is 1. The summed E-state index contributed by atoms with van der Waals surface area (Å²) in [5, 5.41) is 46.5. The molecule has 0 saturated carbocycles. The number of rotatable bonds is 5. The average molecular weight is 822 g/mol. The molecule has 0 aliphatic carbocycles. The van der Waals surface area contributed by atoms with Crippen LogP contribution in [0.3, 0.4) is 0 Å². The summed E-state index contributed by atoms with van der Waals surface area (Å²) in [5.74, 6) is 0.168. The van der Waals surface area contributed by atoms with E-state index in [1.54, 1.807) is 18.2 Å². The van der Waals surface area contributed by atoms with Crippen molar-refractivity contribution in [2.75, 3.05) is 0 Å². The molecule has 9 aromatic rings. The summed E-state index contributed by atoms with van der Waals surface area (Å²) >= 11 is 0. The van der Waals surface area contributed by atoms with Crippen LogP contribution in [-0.4, -0.2) is 49.6 Å². The van der Waals surface area contributed by atoms with Gasteiger partial charge in [-0.05, 0) is 53.7 Å². The number of H-pyrrole nitrogens is 3. The van der Waals surface area contributed by atoms with Crippen LogP contribution in [-0.2, 0) is 0 Å². The Balaban J connectivity index is 0.000000235. The molecule has 0 aliphatic heterocycles. The SMILES string of the molecule is Cl.N.N#Cc1cc2[nH]c3ccccc3c2n(-c2ccc([N+](=O)[O-])cc2)c1=O.O=c1c(-c2nn[nH]n2)cc2[nH]c3ccccc3c2n1-c1ccc([N+](=O)[O-])cc1.[N-]=[N+]=[N-].[Na+]. The van der Waals surface area contributed by atoms with Crippen molar-refractivity contribution in [3.05, 3.63) is 172 Å². The van der Waals surface area contributed by atoms with Crippen molar-refractivity contribution in [1.82, 2.24) is 45.9 Å². The second-order valence-corrected chi connectivity index (χ2v) is 11.7. The number of nitro groups is 2. The van der Waals surface area contributed by atoms with Gasteiger partial charge in [0.05, 0.1) is 37.5 Å². The van der Waals surface area contributed by atoms with E-state index in [9.17, 15) is 35.1 Å². The standard InChI is InChI=1S/C18H11N7O3.C18H10N4O3.ClH.N3.H3N.Na/c26-18-13(17-20-22-23-21-17)9-15-16(12-3-1-2-4-14(12)19-15)24(18)10-5-7-11(8-6-10)25(27)28;19-10-11-9-16-17(14-3-1-2-4-15(14)20-16)21(18(11)23)12-5-7-13(8-6-12)22(24)25;;1-3-2;;/h1-9,19H,(H,20,21,22,23);1-9,20H;1H;;1H3;/q;;;-1;;+1. The number of aromatic nitrogens is 8. The molecule has 5 heterocycles. The number of benzene rings is 4. The number of fused-ring (bicyclic) bond motifs is 6. The fourth-order valence-corrected chi connectivity index (χ4v) is 6.30. The van der Waals surface area contributed by atoms with Gasteiger partial charge in [0.1, 0.15) is 11.6 Å². The van der Waals surface area contributed by atoms with Gasteiger partial charge < -0.3 is 27.2 Å². The van der Waals surface area contributed by atoms with Gasteiger partial charge in [0.2, 0.25) is 5.82 Å². The van der Waals surface area contributed by atoms with E-state index in [4.69, 9.17) is 11.1 Å². The van der Waals surface area contributed by atoms with Crippen molar-refractivity contribution in [2.45, 2.75) is 0 Å². The fraction of sp³-hybridized carbons (Fsp3) is 0. The number of non-ortho nitro benzene ring substituents is 2. The van der Waals surface area contributed by atoms with E-state index < -0.39 is 15.4 Å². The molecule has 4 aromatic carbocycles. The summed E-state index contributed by atoms with van der Waals surface area (Å²) in [5.41, 5.74) is 18.1. The van der Waals surface area contributed by atoms with Crippen molar-refractivity contribution >= 4 is 67.7 Å². The first-order valence-electron chi connectivity index (χ1n) is 16.1. The van der Waals surface area contributed by atoms with Crippen molar-refractivity contribution in [3.8, 4) is 28.8 Å². The van der Waals surface area contributed by atoms with Gasteiger partial charge in [-0.15, -0.1) is 22.6 Å². The van der Waals surface area contributed by atoms with E-state index in [1.165, 1.54) is 56.5 Å². The van der Waals surface area contributed by atoms with Crippen LogP contribution in [0, 0.1) is 31.6 Å². The quantitative estimate of drug-likeness (QED) is 0.0474. The van der Waals surface area contributed by atoms with Gasteiger partial charge in [-0.25, -0.2) is 0 Å². The van der Waals surface area contributed by atoms with Gasteiger partial charge in [-0.3, -0.25) is 43.9 Å². The Hall–Kier alpha value is -7.70. The van der Waals surface area contributed by atoms with E-state index in [2.05, 4.69) is 30.6 Å². The molecule has 288 valence electrons. The Morgan fingerprint density at radius 3 is 1.56 bits per heavy atom. The van der Waals surface area contributed by atoms with Gasteiger partial charge in [-0.2, -0.15) is 10.5 Å². The fourth-order valence-electron chi connectivity index (χ4n) is 6.30. The average Bonchev–Trinajstić information content (AvgIpc) is 3.96. The van der Waals surface area contributed by atoms with Gasteiger partial charge in [0.25, 0.3) is 22.5 Å². The molecule has 6 N–H and O–H groups in total. The Kier molecular flexibility index (Phi) is 13.8. The molecule has 0 unspecified atom stereocenters. The first-order chi connectivity index (χ1) is 27.1.